The highest BCUT2D eigenvalue weighted by Crippen LogP contribution is 2.29. The number of halogens is 4. The lowest BCUT2D eigenvalue weighted by Crippen LogP contribution is -2.21. The van der Waals surface area contributed by atoms with Gasteiger partial charge in [-0.25, -0.2) is 0 Å². The van der Waals surface area contributed by atoms with E-state index in [4.69, 9.17) is 0 Å². The Morgan fingerprint density at radius 3 is 2.53 bits per heavy atom. The van der Waals surface area contributed by atoms with Crippen LogP contribution < -0.4 is 4.74 Å². The van der Waals surface area contributed by atoms with Crippen LogP contribution in [-0.4, -0.2) is 24.9 Å². The van der Waals surface area contributed by atoms with E-state index < -0.39 is 6.36 Å². The Morgan fingerprint density at radius 2 is 2.00 bits per heavy atom. The average molecular weight is 312 g/mol. The molecule has 0 aliphatic heterocycles. The molecule has 0 fully saturated rings. The summed E-state index contributed by atoms with van der Waals surface area (Å²) in [4.78, 5) is 1.89. The van der Waals surface area contributed by atoms with Gasteiger partial charge in [0.1, 0.15) is 5.75 Å². The van der Waals surface area contributed by atoms with Gasteiger partial charge in [-0.1, -0.05) is 22.9 Å². The van der Waals surface area contributed by atoms with Crippen molar-refractivity contribution in [2.75, 3.05) is 13.6 Å². The highest BCUT2D eigenvalue weighted by Gasteiger charge is 2.32. The lowest BCUT2D eigenvalue weighted by Gasteiger charge is -2.18. The summed E-state index contributed by atoms with van der Waals surface area (Å²) in [7, 11) is 1.83. The number of benzene rings is 1. The Bertz CT molecular complexity index is 381. The van der Waals surface area contributed by atoms with Crippen LogP contribution in [0.3, 0.4) is 0 Å². The molecule has 0 unspecified atom stereocenters. The highest BCUT2D eigenvalue weighted by molar-refractivity contribution is 9.10. The average Bonchev–Trinajstić information content (AvgIpc) is 2.20. The van der Waals surface area contributed by atoms with Crippen LogP contribution in [-0.2, 0) is 6.54 Å². The molecule has 0 aliphatic carbocycles. The molecular formula is C11H13BrF3NO. The molecule has 0 atom stereocenters. The molecule has 0 amide bonds. The molecule has 0 aliphatic rings. The Balaban J connectivity index is 2.95. The molecule has 1 rings (SSSR count). The number of alkyl halides is 3. The Kier molecular flexibility index (Phi) is 4.82. The number of hydrogen-bond donors (Lipinski definition) is 0. The van der Waals surface area contributed by atoms with Crippen molar-refractivity contribution in [3.05, 3.63) is 28.2 Å². The molecule has 96 valence electrons. The van der Waals surface area contributed by atoms with Gasteiger partial charge in [-0.3, -0.25) is 0 Å². The fraction of sp³-hybridized carbons (Fsp3) is 0.455. The molecule has 1 aromatic rings. The van der Waals surface area contributed by atoms with Gasteiger partial charge in [0.15, 0.2) is 0 Å². The van der Waals surface area contributed by atoms with Gasteiger partial charge < -0.3 is 9.64 Å². The second-order valence-corrected chi connectivity index (χ2v) is 4.55. The van der Waals surface area contributed by atoms with Crippen LogP contribution in [0.15, 0.2) is 22.7 Å². The molecule has 17 heavy (non-hydrogen) atoms. The predicted molar refractivity (Wildman–Crippen MR) is 62.8 cm³/mol. The van der Waals surface area contributed by atoms with E-state index in [1.54, 1.807) is 6.07 Å². The van der Waals surface area contributed by atoms with E-state index in [0.717, 1.165) is 11.0 Å². The molecule has 1 aromatic carbocycles. The number of nitrogens with zero attached hydrogens (tertiary/aromatic N) is 1. The minimum Gasteiger partial charge on any atom is -0.405 e. The van der Waals surface area contributed by atoms with Crippen LogP contribution in [0.4, 0.5) is 13.2 Å². The van der Waals surface area contributed by atoms with E-state index in [0.29, 0.717) is 12.1 Å². The van der Waals surface area contributed by atoms with Gasteiger partial charge in [0.2, 0.25) is 0 Å². The lowest BCUT2D eigenvalue weighted by molar-refractivity contribution is -0.275. The minimum atomic E-state index is -4.66. The summed E-state index contributed by atoms with van der Waals surface area (Å²) in [5, 5.41) is 0. The first kappa shape index (κ1) is 14.3. The zero-order valence-corrected chi connectivity index (χ0v) is 11.1. The maximum Gasteiger partial charge on any atom is 0.573 e. The summed E-state index contributed by atoms with van der Waals surface area (Å²) < 4.78 is 41.3. The topological polar surface area (TPSA) is 12.5 Å². The summed E-state index contributed by atoms with van der Waals surface area (Å²) in [5.41, 5.74) is 0.501. The number of hydrogen-bond acceptors (Lipinski definition) is 2. The van der Waals surface area contributed by atoms with E-state index in [9.17, 15) is 13.2 Å². The third-order valence-electron chi connectivity index (χ3n) is 2.23. The summed E-state index contributed by atoms with van der Waals surface area (Å²) in [5.74, 6) is -0.152. The van der Waals surface area contributed by atoms with Crippen molar-refractivity contribution in [3.63, 3.8) is 0 Å². The second-order valence-electron chi connectivity index (χ2n) is 3.63. The highest BCUT2D eigenvalue weighted by atomic mass is 79.9. The van der Waals surface area contributed by atoms with E-state index >= 15 is 0 Å². The molecule has 2 nitrogen and oxygen atoms in total. The van der Waals surface area contributed by atoms with Crippen LogP contribution >= 0.6 is 15.9 Å². The molecule has 0 saturated carbocycles. The Labute approximate surface area is 106 Å². The van der Waals surface area contributed by atoms with Crippen molar-refractivity contribution in [3.8, 4) is 5.75 Å². The maximum absolute atomic E-state index is 12.2. The first-order chi connectivity index (χ1) is 7.81. The summed E-state index contributed by atoms with van der Waals surface area (Å²) >= 11 is 3.23. The van der Waals surface area contributed by atoms with E-state index in [2.05, 4.69) is 20.7 Å². The third kappa shape index (κ3) is 4.95. The SMILES string of the molecule is CCN(C)Cc1cc(Br)ccc1OC(F)(F)F. The zero-order valence-electron chi connectivity index (χ0n) is 9.51. The first-order valence-electron chi connectivity index (χ1n) is 5.04. The normalized spacial score (nSPS) is 11.9. The van der Waals surface area contributed by atoms with Crippen molar-refractivity contribution in [2.24, 2.45) is 0 Å². The molecule has 0 spiro atoms. The minimum absolute atomic E-state index is 0.152. The fourth-order valence-electron chi connectivity index (χ4n) is 1.30. The molecule has 6 heteroatoms. The summed E-state index contributed by atoms with van der Waals surface area (Å²) in [6.45, 7) is 3.08. The van der Waals surface area contributed by atoms with Crippen molar-refractivity contribution in [1.29, 1.82) is 0 Å². The second kappa shape index (κ2) is 5.73. The third-order valence-corrected chi connectivity index (χ3v) is 2.72. The van der Waals surface area contributed by atoms with Crippen molar-refractivity contribution in [2.45, 2.75) is 19.8 Å². The Morgan fingerprint density at radius 1 is 1.35 bits per heavy atom. The van der Waals surface area contributed by atoms with Crippen molar-refractivity contribution >= 4 is 15.9 Å². The van der Waals surface area contributed by atoms with E-state index in [1.165, 1.54) is 12.1 Å². The van der Waals surface area contributed by atoms with Gasteiger partial charge in [0, 0.05) is 16.6 Å². The molecule has 0 bridgehead atoms. The van der Waals surface area contributed by atoms with E-state index in [-0.39, 0.29) is 5.75 Å². The molecule has 0 radical (unpaired) electrons. The zero-order chi connectivity index (χ0) is 13.1. The number of rotatable bonds is 4. The molecular weight excluding hydrogens is 299 g/mol. The maximum atomic E-state index is 12.2. The van der Waals surface area contributed by atoms with Gasteiger partial charge in [0.05, 0.1) is 0 Å². The largest absolute Gasteiger partial charge is 0.573 e. The standard InChI is InChI=1S/C11H13BrF3NO/c1-3-16(2)7-8-6-9(12)4-5-10(8)17-11(13,14)15/h4-6H,3,7H2,1-2H3. The molecule has 0 N–H and O–H groups in total. The Hall–Kier alpha value is -0.750. The van der Waals surface area contributed by atoms with Gasteiger partial charge in [-0.2, -0.15) is 0 Å². The van der Waals surface area contributed by atoms with Gasteiger partial charge >= 0.3 is 6.36 Å². The van der Waals surface area contributed by atoms with E-state index in [1.807, 2.05) is 18.9 Å². The van der Waals surface area contributed by atoms with Gasteiger partial charge in [-0.15, -0.1) is 13.2 Å². The molecule has 0 saturated heterocycles. The van der Waals surface area contributed by atoms with Crippen molar-refractivity contribution < 1.29 is 17.9 Å². The first-order valence-corrected chi connectivity index (χ1v) is 5.84. The van der Waals surface area contributed by atoms with Crippen LogP contribution in [0.1, 0.15) is 12.5 Å². The molecule has 0 heterocycles. The summed E-state index contributed by atoms with van der Waals surface area (Å²) in [6.07, 6.45) is -4.66. The molecule has 0 aromatic heterocycles. The van der Waals surface area contributed by atoms with Crippen LogP contribution in [0.25, 0.3) is 0 Å². The van der Waals surface area contributed by atoms with Crippen molar-refractivity contribution in [1.82, 2.24) is 4.90 Å². The lowest BCUT2D eigenvalue weighted by atomic mass is 10.2. The quantitative estimate of drug-likeness (QED) is 0.838. The van der Waals surface area contributed by atoms with Gasteiger partial charge in [-0.05, 0) is 31.8 Å². The smallest absolute Gasteiger partial charge is 0.405 e. The summed E-state index contributed by atoms with van der Waals surface area (Å²) in [6, 6.07) is 4.47. The van der Waals surface area contributed by atoms with Crippen LogP contribution in [0.2, 0.25) is 0 Å². The van der Waals surface area contributed by atoms with Crippen LogP contribution in [0, 0.1) is 0 Å². The monoisotopic (exact) mass is 311 g/mol. The van der Waals surface area contributed by atoms with Crippen LogP contribution in [0.5, 0.6) is 5.75 Å². The predicted octanol–water partition coefficient (Wildman–Crippen LogP) is 3.80. The number of ether oxygens (including phenoxy) is 1. The van der Waals surface area contributed by atoms with Gasteiger partial charge in [0.25, 0.3) is 0 Å². The fourth-order valence-corrected chi connectivity index (χ4v) is 1.71.